The molecule has 0 saturated heterocycles. The number of hydrogen-bond acceptors (Lipinski definition) is 3. The lowest BCUT2D eigenvalue weighted by Crippen LogP contribution is -2.07. The van der Waals surface area contributed by atoms with Crippen molar-refractivity contribution < 1.29 is 9.90 Å². The summed E-state index contributed by atoms with van der Waals surface area (Å²) in [6.45, 7) is 3.77. The van der Waals surface area contributed by atoms with Gasteiger partial charge in [0.05, 0.1) is 11.1 Å². The van der Waals surface area contributed by atoms with E-state index in [0.29, 0.717) is 18.7 Å². The summed E-state index contributed by atoms with van der Waals surface area (Å²) in [6, 6.07) is 3.75. The van der Waals surface area contributed by atoms with Crippen molar-refractivity contribution >= 4 is 16.9 Å². The predicted molar refractivity (Wildman–Crippen MR) is 80.1 cm³/mol. The van der Waals surface area contributed by atoms with Crippen LogP contribution in [0.3, 0.4) is 0 Å². The minimum Gasteiger partial charge on any atom is -0.478 e. The molecule has 0 fully saturated rings. The highest BCUT2D eigenvalue weighted by Gasteiger charge is 2.16. The van der Waals surface area contributed by atoms with Gasteiger partial charge in [-0.05, 0) is 56.1 Å². The van der Waals surface area contributed by atoms with Crippen LogP contribution in [0.25, 0.3) is 10.9 Å². The van der Waals surface area contributed by atoms with Gasteiger partial charge in [0, 0.05) is 18.1 Å². The SMILES string of the molecule is Cc1cc(C(=O)O)c2c(c1)c(CCN)cn2CCCN. The van der Waals surface area contributed by atoms with Gasteiger partial charge in [0.2, 0.25) is 0 Å². The summed E-state index contributed by atoms with van der Waals surface area (Å²) in [7, 11) is 0. The topological polar surface area (TPSA) is 94.3 Å². The van der Waals surface area contributed by atoms with Crippen LogP contribution in [0.15, 0.2) is 18.3 Å². The summed E-state index contributed by atoms with van der Waals surface area (Å²) < 4.78 is 2.00. The number of carboxylic acids is 1. The standard InChI is InChI=1S/C15H21N3O2/c1-10-7-12-11(3-5-17)9-18(6-2-4-16)14(12)13(8-10)15(19)20/h7-9H,2-6,16-17H2,1H3,(H,19,20). The summed E-state index contributed by atoms with van der Waals surface area (Å²) in [6.07, 6.45) is 3.58. The van der Waals surface area contributed by atoms with Crippen molar-refractivity contribution in [1.82, 2.24) is 4.57 Å². The number of aryl methyl sites for hydroxylation is 2. The molecule has 5 nitrogen and oxygen atoms in total. The number of carbonyl (C=O) groups is 1. The van der Waals surface area contributed by atoms with Crippen molar-refractivity contribution in [3.05, 3.63) is 35.0 Å². The van der Waals surface area contributed by atoms with E-state index in [1.54, 1.807) is 6.07 Å². The normalized spacial score (nSPS) is 11.2. The molecular formula is C15H21N3O2. The molecule has 0 amide bonds. The Morgan fingerprint density at radius 3 is 2.65 bits per heavy atom. The van der Waals surface area contributed by atoms with E-state index in [1.165, 1.54) is 0 Å². The van der Waals surface area contributed by atoms with Crippen LogP contribution < -0.4 is 11.5 Å². The third-order valence-electron chi connectivity index (χ3n) is 3.45. The molecule has 0 spiro atoms. The van der Waals surface area contributed by atoms with Gasteiger partial charge in [0.25, 0.3) is 0 Å². The van der Waals surface area contributed by atoms with E-state index < -0.39 is 5.97 Å². The minimum atomic E-state index is -0.898. The number of aromatic carboxylic acids is 1. The van der Waals surface area contributed by atoms with Crippen LogP contribution in [-0.2, 0) is 13.0 Å². The Hall–Kier alpha value is -1.85. The predicted octanol–water partition coefficient (Wildman–Crippen LogP) is 1.50. The van der Waals surface area contributed by atoms with Gasteiger partial charge in [-0.2, -0.15) is 0 Å². The molecule has 0 saturated carbocycles. The van der Waals surface area contributed by atoms with Gasteiger partial charge in [-0.25, -0.2) is 4.79 Å². The molecule has 0 aliphatic rings. The Kier molecular flexibility index (Phi) is 4.42. The molecular weight excluding hydrogens is 254 g/mol. The molecule has 2 aromatic rings. The van der Waals surface area contributed by atoms with E-state index in [1.807, 2.05) is 23.8 Å². The van der Waals surface area contributed by atoms with E-state index >= 15 is 0 Å². The second kappa shape index (κ2) is 6.07. The molecule has 0 bridgehead atoms. The highest BCUT2D eigenvalue weighted by atomic mass is 16.4. The van der Waals surface area contributed by atoms with E-state index in [2.05, 4.69) is 0 Å². The first-order chi connectivity index (χ1) is 9.58. The van der Waals surface area contributed by atoms with Gasteiger partial charge in [-0.15, -0.1) is 0 Å². The van der Waals surface area contributed by atoms with Crippen LogP contribution >= 0.6 is 0 Å². The van der Waals surface area contributed by atoms with Gasteiger partial charge >= 0.3 is 5.97 Å². The molecule has 2 rings (SSSR count). The maximum absolute atomic E-state index is 11.5. The smallest absolute Gasteiger partial charge is 0.337 e. The first kappa shape index (κ1) is 14.6. The zero-order valence-corrected chi connectivity index (χ0v) is 11.7. The third kappa shape index (κ3) is 2.69. The number of benzene rings is 1. The van der Waals surface area contributed by atoms with Gasteiger partial charge in [-0.1, -0.05) is 0 Å². The molecule has 1 aromatic carbocycles. The largest absolute Gasteiger partial charge is 0.478 e. The molecule has 1 aromatic heterocycles. The summed E-state index contributed by atoms with van der Waals surface area (Å²) in [5, 5.41) is 10.4. The van der Waals surface area contributed by atoms with Crippen LogP contribution in [0.2, 0.25) is 0 Å². The first-order valence-electron chi connectivity index (χ1n) is 6.84. The van der Waals surface area contributed by atoms with Crippen molar-refractivity contribution in [2.75, 3.05) is 13.1 Å². The molecule has 108 valence electrons. The Morgan fingerprint density at radius 1 is 1.30 bits per heavy atom. The molecule has 5 N–H and O–H groups in total. The van der Waals surface area contributed by atoms with Crippen molar-refractivity contribution in [3.63, 3.8) is 0 Å². The number of nitrogens with two attached hydrogens (primary N) is 2. The number of nitrogens with zero attached hydrogens (tertiary/aromatic N) is 1. The fraction of sp³-hybridized carbons (Fsp3) is 0.400. The summed E-state index contributed by atoms with van der Waals surface area (Å²) in [5.74, 6) is -0.898. The maximum Gasteiger partial charge on any atom is 0.337 e. The molecule has 0 aliphatic carbocycles. The molecule has 0 radical (unpaired) electrons. The Bertz CT molecular complexity index is 632. The molecule has 0 unspecified atom stereocenters. The van der Waals surface area contributed by atoms with Crippen molar-refractivity contribution in [1.29, 1.82) is 0 Å². The van der Waals surface area contributed by atoms with Crippen molar-refractivity contribution in [2.24, 2.45) is 11.5 Å². The second-order valence-electron chi connectivity index (χ2n) is 5.04. The van der Waals surface area contributed by atoms with Crippen LogP contribution in [-0.4, -0.2) is 28.7 Å². The lowest BCUT2D eigenvalue weighted by Gasteiger charge is -2.07. The maximum atomic E-state index is 11.5. The molecule has 20 heavy (non-hydrogen) atoms. The minimum absolute atomic E-state index is 0.347. The molecule has 1 heterocycles. The lowest BCUT2D eigenvalue weighted by molar-refractivity contribution is 0.0698. The number of aromatic nitrogens is 1. The highest BCUT2D eigenvalue weighted by Crippen LogP contribution is 2.27. The average molecular weight is 275 g/mol. The zero-order chi connectivity index (χ0) is 14.7. The van der Waals surface area contributed by atoms with Gasteiger partial charge in [0.15, 0.2) is 0 Å². The Morgan fingerprint density at radius 2 is 2.05 bits per heavy atom. The van der Waals surface area contributed by atoms with E-state index in [9.17, 15) is 9.90 Å². The van der Waals surface area contributed by atoms with Gasteiger partial charge in [-0.3, -0.25) is 0 Å². The fourth-order valence-corrected chi connectivity index (χ4v) is 2.61. The first-order valence-corrected chi connectivity index (χ1v) is 6.84. The fourth-order valence-electron chi connectivity index (χ4n) is 2.61. The van der Waals surface area contributed by atoms with Crippen LogP contribution in [0, 0.1) is 6.92 Å². The number of rotatable bonds is 6. The molecule has 0 aliphatic heterocycles. The quantitative estimate of drug-likeness (QED) is 0.744. The number of hydrogen-bond donors (Lipinski definition) is 3. The average Bonchev–Trinajstić information content (AvgIpc) is 2.74. The summed E-state index contributed by atoms with van der Waals surface area (Å²) in [4.78, 5) is 11.5. The van der Waals surface area contributed by atoms with Crippen LogP contribution in [0.4, 0.5) is 0 Å². The zero-order valence-electron chi connectivity index (χ0n) is 11.7. The summed E-state index contributed by atoms with van der Waals surface area (Å²) in [5.41, 5.74) is 14.4. The van der Waals surface area contributed by atoms with E-state index in [4.69, 9.17) is 11.5 Å². The second-order valence-corrected chi connectivity index (χ2v) is 5.04. The van der Waals surface area contributed by atoms with Crippen molar-refractivity contribution in [2.45, 2.75) is 26.3 Å². The number of fused-ring (bicyclic) bond motifs is 1. The lowest BCUT2D eigenvalue weighted by atomic mass is 10.0. The van der Waals surface area contributed by atoms with Gasteiger partial charge < -0.3 is 21.1 Å². The van der Waals surface area contributed by atoms with E-state index in [0.717, 1.165) is 41.4 Å². The Labute approximate surface area is 118 Å². The highest BCUT2D eigenvalue weighted by molar-refractivity contribution is 6.03. The van der Waals surface area contributed by atoms with Crippen LogP contribution in [0.1, 0.15) is 27.9 Å². The van der Waals surface area contributed by atoms with Crippen molar-refractivity contribution in [3.8, 4) is 0 Å². The third-order valence-corrected chi connectivity index (χ3v) is 3.45. The molecule has 0 atom stereocenters. The monoisotopic (exact) mass is 275 g/mol. The summed E-state index contributed by atoms with van der Waals surface area (Å²) >= 11 is 0. The van der Waals surface area contributed by atoms with Crippen LogP contribution in [0.5, 0.6) is 0 Å². The number of carboxylic acid groups (broad SMARTS) is 1. The van der Waals surface area contributed by atoms with Gasteiger partial charge in [0.1, 0.15) is 0 Å². The molecule has 5 heteroatoms. The van der Waals surface area contributed by atoms with E-state index in [-0.39, 0.29) is 0 Å². The Balaban J connectivity index is 2.68.